The van der Waals surface area contributed by atoms with Crippen molar-refractivity contribution in [3.05, 3.63) is 0 Å². The minimum absolute atomic E-state index is 0.202. The monoisotopic (exact) mass is 190 g/mol. The Labute approximate surface area is 80.5 Å². The van der Waals surface area contributed by atoms with Gasteiger partial charge in [-0.15, -0.1) is 11.6 Å². The fraction of sp³-hybridized carbons (Fsp3) is 1.00. The fourth-order valence-corrected chi connectivity index (χ4v) is 2.06. The third-order valence-corrected chi connectivity index (χ3v) is 3.29. The van der Waals surface area contributed by atoms with Gasteiger partial charge in [-0.3, -0.25) is 4.90 Å². The van der Waals surface area contributed by atoms with E-state index in [2.05, 4.69) is 16.8 Å². The van der Waals surface area contributed by atoms with Gasteiger partial charge in [0.05, 0.1) is 5.50 Å². The molecular weight excluding hydrogens is 172 g/mol. The van der Waals surface area contributed by atoms with Crippen molar-refractivity contribution in [1.29, 1.82) is 0 Å². The lowest BCUT2D eigenvalue weighted by molar-refractivity contribution is 0.161. The largest absolute Gasteiger partial charge is 0.306 e. The first kappa shape index (κ1) is 10.3. The summed E-state index contributed by atoms with van der Waals surface area (Å²) in [4.78, 5) is 4.47. The van der Waals surface area contributed by atoms with E-state index in [9.17, 15) is 0 Å². The van der Waals surface area contributed by atoms with Gasteiger partial charge in [-0.25, -0.2) is 0 Å². The maximum atomic E-state index is 6.26. The molecule has 2 unspecified atom stereocenters. The number of hydrogen-bond acceptors (Lipinski definition) is 2. The lowest BCUT2D eigenvalue weighted by Gasteiger charge is -2.34. The highest BCUT2D eigenvalue weighted by Gasteiger charge is 2.25. The van der Waals surface area contributed by atoms with E-state index in [1.54, 1.807) is 0 Å². The quantitative estimate of drug-likeness (QED) is 0.481. The summed E-state index contributed by atoms with van der Waals surface area (Å²) in [5.74, 6) is 0.639. The summed E-state index contributed by atoms with van der Waals surface area (Å²) in [7, 11) is 6.27. The molecule has 1 aliphatic heterocycles. The van der Waals surface area contributed by atoms with Crippen LogP contribution in [0.3, 0.4) is 0 Å². The van der Waals surface area contributed by atoms with Gasteiger partial charge in [0.1, 0.15) is 0 Å². The normalized spacial score (nSPS) is 29.2. The van der Waals surface area contributed by atoms with Gasteiger partial charge in [0, 0.05) is 12.5 Å². The highest BCUT2D eigenvalue weighted by molar-refractivity contribution is 6.20. The van der Waals surface area contributed by atoms with Crippen molar-refractivity contribution in [2.24, 2.45) is 5.92 Å². The van der Waals surface area contributed by atoms with Crippen molar-refractivity contribution >= 4 is 11.6 Å². The maximum absolute atomic E-state index is 6.26. The Morgan fingerprint density at radius 2 is 2.17 bits per heavy atom. The SMILES string of the molecule is CN1CCCC(C(Cl)N(C)C)C1. The Morgan fingerprint density at radius 1 is 1.50 bits per heavy atom. The molecule has 0 N–H and O–H groups in total. The van der Waals surface area contributed by atoms with Crippen LogP contribution in [0.25, 0.3) is 0 Å². The van der Waals surface area contributed by atoms with Gasteiger partial charge >= 0.3 is 0 Å². The average molecular weight is 191 g/mol. The van der Waals surface area contributed by atoms with Crippen LogP contribution < -0.4 is 0 Å². The second-order valence-corrected chi connectivity index (χ2v) is 4.45. The van der Waals surface area contributed by atoms with E-state index in [1.807, 2.05) is 14.1 Å². The van der Waals surface area contributed by atoms with Crippen molar-refractivity contribution in [3.8, 4) is 0 Å². The molecule has 1 fully saturated rings. The number of nitrogens with zero attached hydrogens (tertiary/aromatic N) is 2. The molecule has 0 aromatic heterocycles. The lowest BCUT2D eigenvalue weighted by Crippen LogP contribution is -2.41. The van der Waals surface area contributed by atoms with Crippen molar-refractivity contribution < 1.29 is 0 Å². The summed E-state index contributed by atoms with van der Waals surface area (Å²) in [6, 6.07) is 0. The number of alkyl halides is 1. The van der Waals surface area contributed by atoms with Crippen LogP contribution in [0.5, 0.6) is 0 Å². The summed E-state index contributed by atoms with van der Waals surface area (Å²) in [5.41, 5.74) is 0.202. The number of hydrogen-bond donors (Lipinski definition) is 0. The summed E-state index contributed by atoms with van der Waals surface area (Å²) in [6.07, 6.45) is 2.56. The van der Waals surface area contributed by atoms with E-state index in [-0.39, 0.29) is 5.50 Å². The first-order valence-corrected chi connectivity index (χ1v) is 5.04. The first-order valence-electron chi connectivity index (χ1n) is 4.60. The molecule has 1 rings (SSSR count). The molecule has 12 heavy (non-hydrogen) atoms. The van der Waals surface area contributed by atoms with E-state index in [4.69, 9.17) is 11.6 Å². The lowest BCUT2D eigenvalue weighted by atomic mass is 9.98. The zero-order valence-corrected chi connectivity index (χ0v) is 9.01. The third kappa shape index (κ3) is 2.61. The molecule has 1 saturated heterocycles. The van der Waals surface area contributed by atoms with Crippen molar-refractivity contribution in [1.82, 2.24) is 9.80 Å². The number of likely N-dealkylation sites (tertiary alicyclic amines) is 1. The average Bonchev–Trinajstić information content (AvgIpc) is 2.03. The minimum atomic E-state index is 0.202. The zero-order valence-electron chi connectivity index (χ0n) is 8.26. The van der Waals surface area contributed by atoms with Crippen LogP contribution >= 0.6 is 11.6 Å². The number of piperidine rings is 1. The second-order valence-electron chi connectivity index (χ2n) is 4.00. The topological polar surface area (TPSA) is 6.48 Å². The molecule has 0 amide bonds. The molecule has 1 heterocycles. The van der Waals surface area contributed by atoms with Crippen LogP contribution in [0.4, 0.5) is 0 Å². The number of halogens is 1. The highest BCUT2D eigenvalue weighted by Crippen LogP contribution is 2.23. The van der Waals surface area contributed by atoms with E-state index in [1.165, 1.54) is 19.4 Å². The predicted octanol–water partition coefficient (Wildman–Crippen LogP) is 1.45. The molecule has 2 nitrogen and oxygen atoms in total. The van der Waals surface area contributed by atoms with E-state index >= 15 is 0 Å². The van der Waals surface area contributed by atoms with Crippen LogP contribution in [0.15, 0.2) is 0 Å². The van der Waals surface area contributed by atoms with Crippen LogP contribution in [0, 0.1) is 5.92 Å². The van der Waals surface area contributed by atoms with Crippen LogP contribution in [0.1, 0.15) is 12.8 Å². The summed E-state index contributed by atoms with van der Waals surface area (Å²) < 4.78 is 0. The molecule has 0 aromatic rings. The van der Waals surface area contributed by atoms with Gasteiger partial charge in [-0.05, 0) is 40.5 Å². The standard InChI is InChI=1S/C9H19ClN2/c1-11(2)9(10)8-5-4-6-12(3)7-8/h8-9H,4-7H2,1-3H3. The molecule has 0 aromatic carbocycles. The van der Waals surface area contributed by atoms with Gasteiger partial charge in [0.25, 0.3) is 0 Å². The van der Waals surface area contributed by atoms with Crippen molar-refractivity contribution in [3.63, 3.8) is 0 Å². The number of rotatable bonds is 2. The Bertz CT molecular complexity index is 138. The Kier molecular flexibility index (Phi) is 3.81. The van der Waals surface area contributed by atoms with Gasteiger partial charge in [-0.2, -0.15) is 0 Å². The van der Waals surface area contributed by atoms with Crippen molar-refractivity contribution in [2.45, 2.75) is 18.3 Å². The van der Waals surface area contributed by atoms with Gasteiger partial charge in [0.2, 0.25) is 0 Å². The molecule has 0 radical (unpaired) electrons. The van der Waals surface area contributed by atoms with Crippen LogP contribution in [-0.2, 0) is 0 Å². The first-order chi connectivity index (χ1) is 5.61. The predicted molar refractivity (Wildman–Crippen MR) is 53.5 cm³/mol. The molecular formula is C9H19ClN2. The summed E-state index contributed by atoms with van der Waals surface area (Å²) in [5, 5.41) is 0. The molecule has 0 saturated carbocycles. The van der Waals surface area contributed by atoms with Gasteiger partial charge in [-0.1, -0.05) is 0 Å². The second kappa shape index (κ2) is 4.45. The Hall–Kier alpha value is 0.210. The molecule has 0 spiro atoms. The minimum Gasteiger partial charge on any atom is -0.306 e. The maximum Gasteiger partial charge on any atom is 0.0886 e. The molecule has 1 aliphatic rings. The smallest absolute Gasteiger partial charge is 0.0886 e. The Balaban J connectivity index is 2.40. The molecule has 0 aliphatic carbocycles. The zero-order chi connectivity index (χ0) is 9.14. The summed E-state index contributed by atoms with van der Waals surface area (Å²) >= 11 is 6.26. The van der Waals surface area contributed by atoms with Crippen LogP contribution in [0.2, 0.25) is 0 Å². The van der Waals surface area contributed by atoms with Gasteiger partial charge in [0.15, 0.2) is 0 Å². The van der Waals surface area contributed by atoms with Crippen molar-refractivity contribution in [2.75, 3.05) is 34.2 Å². The van der Waals surface area contributed by atoms with E-state index in [0.717, 1.165) is 6.54 Å². The fourth-order valence-electron chi connectivity index (χ4n) is 1.85. The molecule has 3 heteroatoms. The van der Waals surface area contributed by atoms with E-state index < -0.39 is 0 Å². The highest BCUT2D eigenvalue weighted by atomic mass is 35.5. The van der Waals surface area contributed by atoms with E-state index in [0.29, 0.717) is 5.92 Å². The Morgan fingerprint density at radius 3 is 2.67 bits per heavy atom. The third-order valence-electron chi connectivity index (χ3n) is 2.54. The molecule has 0 bridgehead atoms. The summed E-state index contributed by atoms with van der Waals surface area (Å²) in [6.45, 7) is 2.37. The molecule has 72 valence electrons. The molecule has 2 atom stereocenters. The van der Waals surface area contributed by atoms with Gasteiger partial charge < -0.3 is 4.90 Å². The van der Waals surface area contributed by atoms with Crippen LogP contribution in [-0.4, -0.2) is 49.5 Å².